The lowest BCUT2D eigenvalue weighted by Crippen LogP contribution is -2.22. The van der Waals surface area contributed by atoms with Crippen LogP contribution in [0.15, 0.2) is 42.5 Å². The highest BCUT2D eigenvalue weighted by molar-refractivity contribution is 5.92. The Bertz CT molecular complexity index is 729. The van der Waals surface area contributed by atoms with Gasteiger partial charge in [0.1, 0.15) is 17.6 Å². The number of para-hydroxylation sites is 1. The number of carbonyl (C=O) groups is 1. The zero-order valence-electron chi connectivity index (χ0n) is 13.1. The predicted molar refractivity (Wildman–Crippen MR) is 88.1 cm³/mol. The van der Waals surface area contributed by atoms with Gasteiger partial charge in [0.2, 0.25) is 0 Å². The molecule has 0 unspecified atom stereocenters. The summed E-state index contributed by atoms with van der Waals surface area (Å²) in [6.07, 6.45) is 6.31. The van der Waals surface area contributed by atoms with Crippen LogP contribution in [0, 0.1) is 0 Å². The summed E-state index contributed by atoms with van der Waals surface area (Å²) in [7, 11) is 0. The van der Waals surface area contributed by atoms with Gasteiger partial charge < -0.3 is 9.47 Å². The quantitative estimate of drug-likeness (QED) is 0.633. The van der Waals surface area contributed by atoms with Crippen molar-refractivity contribution in [2.24, 2.45) is 0 Å². The average molecular weight is 308 g/mol. The second-order valence-corrected chi connectivity index (χ2v) is 6.33. The summed E-state index contributed by atoms with van der Waals surface area (Å²) >= 11 is 0. The Morgan fingerprint density at radius 3 is 2.61 bits per heavy atom. The zero-order valence-corrected chi connectivity index (χ0v) is 13.1. The van der Waals surface area contributed by atoms with Gasteiger partial charge in [0.25, 0.3) is 0 Å². The van der Waals surface area contributed by atoms with Crippen LogP contribution in [0.5, 0.6) is 11.5 Å². The van der Waals surface area contributed by atoms with E-state index in [9.17, 15) is 4.79 Å². The van der Waals surface area contributed by atoms with Gasteiger partial charge in [0.05, 0.1) is 5.56 Å². The van der Waals surface area contributed by atoms with Crippen LogP contribution in [-0.2, 0) is 11.2 Å². The molecular weight excluding hydrogens is 288 g/mol. The average Bonchev–Trinajstić information content (AvgIpc) is 2.60. The maximum absolute atomic E-state index is 12.6. The maximum atomic E-state index is 12.6. The lowest BCUT2D eigenvalue weighted by atomic mass is 9.95. The van der Waals surface area contributed by atoms with Crippen LogP contribution in [0.25, 0.3) is 0 Å². The van der Waals surface area contributed by atoms with Crippen molar-refractivity contribution in [3.8, 4) is 11.5 Å². The largest absolute Gasteiger partial charge is 0.459 e. The minimum atomic E-state index is -0.211. The van der Waals surface area contributed by atoms with E-state index in [0.29, 0.717) is 12.0 Å². The Morgan fingerprint density at radius 2 is 1.74 bits per heavy atom. The zero-order chi connectivity index (χ0) is 15.6. The molecule has 23 heavy (non-hydrogen) atoms. The highest BCUT2D eigenvalue weighted by atomic mass is 16.5. The van der Waals surface area contributed by atoms with E-state index >= 15 is 0 Å². The molecule has 0 saturated heterocycles. The summed E-state index contributed by atoms with van der Waals surface area (Å²) < 4.78 is 11.7. The molecule has 1 heterocycles. The minimum absolute atomic E-state index is 0.0731. The molecule has 0 atom stereocenters. The van der Waals surface area contributed by atoms with E-state index in [1.807, 2.05) is 42.5 Å². The van der Waals surface area contributed by atoms with Crippen LogP contribution in [0.4, 0.5) is 0 Å². The summed E-state index contributed by atoms with van der Waals surface area (Å²) in [5.41, 5.74) is 2.69. The molecule has 3 nitrogen and oxygen atoms in total. The molecule has 0 aromatic heterocycles. The Hall–Kier alpha value is -2.29. The molecule has 118 valence electrons. The van der Waals surface area contributed by atoms with E-state index < -0.39 is 0 Å². The van der Waals surface area contributed by atoms with Gasteiger partial charge >= 0.3 is 5.97 Å². The first-order valence-corrected chi connectivity index (χ1v) is 8.40. The fourth-order valence-corrected chi connectivity index (χ4v) is 3.49. The van der Waals surface area contributed by atoms with E-state index in [4.69, 9.17) is 9.47 Å². The molecule has 4 rings (SSSR count). The van der Waals surface area contributed by atoms with E-state index in [1.165, 1.54) is 6.42 Å². The molecule has 2 aromatic rings. The van der Waals surface area contributed by atoms with Gasteiger partial charge in [-0.2, -0.15) is 0 Å². The van der Waals surface area contributed by atoms with Crippen LogP contribution >= 0.6 is 0 Å². The van der Waals surface area contributed by atoms with Crippen molar-refractivity contribution in [2.45, 2.75) is 44.6 Å². The standard InChI is InChI=1S/C20H20O3/c21-20(22-15-8-2-1-3-9-15)16-10-6-12-19-17(16)13-14-7-4-5-11-18(14)23-19/h4-7,10-12,15H,1-3,8-9,13H2. The Morgan fingerprint density at radius 1 is 0.957 bits per heavy atom. The predicted octanol–water partition coefficient (Wildman–Crippen LogP) is 4.87. The molecular formula is C20H20O3. The van der Waals surface area contributed by atoms with E-state index in [1.54, 1.807) is 0 Å². The summed E-state index contributed by atoms with van der Waals surface area (Å²) in [5, 5.41) is 0. The summed E-state index contributed by atoms with van der Waals surface area (Å²) in [4.78, 5) is 12.6. The molecule has 1 aliphatic carbocycles. The highest BCUT2D eigenvalue weighted by Crippen LogP contribution is 2.38. The van der Waals surface area contributed by atoms with Crippen molar-refractivity contribution < 1.29 is 14.3 Å². The Balaban J connectivity index is 1.60. The minimum Gasteiger partial charge on any atom is -0.459 e. The van der Waals surface area contributed by atoms with Crippen LogP contribution in [-0.4, -0.2) is 12.1 Å². The number of hydrogen-bond acceptors (Lipinski definition) is 3. The Labute approximate surface area is 136 Å². The molecule has 0 spiro atoms. The van der Waals surface area contributed by atoms with Gasteiger partial charge in [0, 0.05) is 12.0 Å². The molecule has 0 radical (unpaired) electrons. The van der Waals surface area contributed by atoms with Crippen molar-refractivity contribution in [2.75, 3.05) is 0 Å². The third kappa shape index (κ3) is 2.83. The first-order chi connectivity index (χ1) is 11.3. The summed E-state index contributed by atoms with van der Waals surface area (Å²) in [5.74, 6) is 1.43. The second kappa shape index (κ2) is 6.07. The SMILES string of the molecule is O=C(OC1CCCCC1)c1cccc2c1Cc1ccccc1O2. The van der Waals surface area contributed by atoms with Gasteiger partial charge in [-0.1, -0.05) is 30.7 Å². The lowest BCUT2D eigenvalue weighted by Gasteiger charge is -2.24. The molecule has 2 aliphatic rings. The van der Waals surface area contributed by atoms with Gasteiger partial charge in [-0.15, -0.1) is 0 Å². The maximum Gasteiger partial charge on any atom is 0.338 e. The Kier molecular flexibility index (Phi) is 3.78. The number of fused-ring (bicyclic) bond motifs is 2. The molecule has 0 amide bonds. The second-order valence-electron chi connectivity index (χ2n) is 6.33. The highest BCUT2D eigenvalue weighted by Gasteiger charge is 2.25. The first-order valence-electron chi connectivity index (χ1n) is 8.40. The molecule has 2 aromatic carbocycles. The molecule has 1 aliphatic heterocycles. The van der Waals surface area contributed by atoms with Gasteiger partial charge in [-0.25, -0.2) is 4.79 Å². The molecule has 1 saturated carbocycles. The number of benzene rings is 2. The van der Waals surface area contributed by atoms with Crippen LogP contribution in [0.1, 0.15) is 53.6 Å². The van der Waals surface area contributed by atoms with Gasteiger partial charge in [-0.3, -0.25) is 0 Å². The van der Waals surface area contributed by atoms with Crippen molar-refractivity contribution in [3.05, 3.63) is 59.2 Å². The number of rotatable bonds is 2. The van der Waals surface area contributed by atoms with Gasteiger partial charge in [-0.05, 0) is 49.4 Å². The number of hydrogen-bond donors (Lipinski definition) is 0. The van der Waals surface area contributed by atoms with E-state index in [0.717, 1.165) is 48.3 Å². The van der Waals surface area contributed by atoms with Gasteiger partial charge in [0.15, 0.2) is 0 Å². The van der Waals surface area contributed by atoms with Crippen molar-refractivity contribution in [1.29, 1.82) is 0 Å². The fourth-order valence-electron chi connectivity index (χ4n) is 3.49. The van der Waals surface area contributed by atoms with E-state index in [-0.39, 0.29) is 12.1 Å². The molecule has 0 bridgehead atoms. The third-order valence-electron chi connectivity index (χ3n) is 4.74. The first kappa shape index (κ1) is 14.3. The van der Waals surface area contributed by atoms with Crippen LogP contribution in [0.3, 0.4) is 0 Å². The third-order valence-corrected chi connectivity index (χ3v) is 4.74. The fraction of sp³-hybridized carbons (Fsp3) is 0.350. The van der Waals surface area contributed by atoms with Crippen molar-refractivity contribution in [3.63, 3.8) is 0 Å². The molecule has 1 fully saturated rings. The summed E-state index contributed by atoms with van der Waals surface area (Å²) in [6.45, 7) is 0. The van der Waals surface area contributed by atoms with Crippen LogP contribution in [0.2, 0.25) is 0 Å². The number of carbonyl (C=O) groups excluding carboxylic acids is 1. The van der Waals surface area contributed by atoms with E-state index in [2.05, 4.69) is 0 Å². The monoisotopic (exact) mass is 308 g/mol. The molecule has 3 heteroatoms. The number of ether oxygens (including phenoxy) is 2. The normalized spacial score (nSPS) is 16.9. The summed E-state index contributed by atoms with van der Waals surface area (Å²) in [6, 6.07) is 13.6. The smallest absolute Gasteiger partial charge is 0.338 e. The van der Waals surface area contributed by atoms with Crippen LogP contribution < -0.4 is 4.74 Å². The number of esters is 1. The van der Waals surface area contributed by atoms with Crippen molar-refractivity contribution in [1.82, 2.24) is 0 Å². The topological polar surface area (TPSA) is 35.5 Å². The molecule has 0 N–H and O–H groups in total. The van der Waals surface area contributed by atoms with Crippen molar-refractivity contribution >= 4 is 5.97 Å². The lowest BCUT2D eigenvalue weighted by molar-refractivity contribution is 0.0209.